The Kier molecular flexibility index (Phi) is 6.24. The highest BCUT2D eigenvalue weighted by molar-refractivity contribution is 6.23. The maximum atomic E-state index is 12.9. The molecule has 0 radical (unpaired) electrons. The third-order valence-electron chi connectivity index (χ3n) is 5.85. The normalized spacial score (nSPS) is 22.2. The van der Waals surface area contributed by atoms with Crippen molar-refractivity contribution in [2.24, 2.45) is 5.92 Å². The number of piperidine rings is 2. The van der Waals surface area contributed by atoms with Crippen molar-refractivity contribution in [1.29, 1.82) is 0 Å². The molecule has 4 rings (SSSR count). The Balaban J connectivity index is 0.00000240. The monoisotopic (exact) mass is 420 g/mol. The van der Waals surface area contributed by atoms with Gasteiger partial charge in [-0.3, -0.25) is 29.4 Å². The summed E-state index contributed by atoms with van der Waals surface area (Å²) in [4.78, 5) is 52.3. The molecule has 1 atom stereocenters. The van der Waals surface area contributed by atoms with Gasteiger partial charge in [0.25, 0.3) is 11.8 Å². The molecular formula is C20H25ClN4O4. The number of halogens is 1. The molecular weight excluding hydrogens is 396 g/mol. The van der Waals surface area contributed by atoms with Crippen molar-refractivity contribution in [3.63, 3.8) is 0 Å². The summed E-state index contributed by atoms with van der Waals surface area (Å²) in [5.41, 5.74) is 1.52. The Hall–Kier alpha value is -2.45. The van der Waals surface area contributed by atoms with Gasteiger partial charge in [-0.25, -0.2) is 0 Å². The average Bonchev–Trinajstić information content (AvgIpc) is 2.93. The Bertz CT molecular complexity index is 853. The average molecular weight is 421 g/mol. The summed E-state index contributed by atoms with van der Waals surface area (Å²) in [6.07, 6.45) is 2.53. The fourth-order valence-corrected chi connectivity index (χ4v) is 4.25. The minimum atomic E-state index is -0.930. The van der Waals surface area contributed by atoms with E-state index in [-0.39, 0.29) is 31.2 Å². The van der Waals surface area contributed by atoms with E-state index in [1.54, 1.807) is 12.1 Å². The number of imide groups is 2. The van der Waals surface area contributed by atoms with Crippen molar-refractivity contribution in [2.45, 2.75) is 31.7 Å². The van der Waals surface area contributed by atoms with Gasteiger partial charge < -0.3 is 10.2 Å². The largest absolute Gasteiger partial charge is 0.374 e. The van der Waals surface area contributed by atoms with E-state index in [0.29, 0.717) is 17.0 Å². The van der Waals surface area contributed by atoms with Crippen molar-refractivity contribution in [1.82, 2.24) is 15.5 Å². The van der Waals surface area contributed by atoms with Crippen LogP contribution in [-0.2, 0) is 9.59 Å². The highest BCUT2D eigenvalue weighted by Gasteiger charge is 2.44. The van der Waals surface area contributed by atoms with Crippen LogP contribution in [0.4, 0.5) is 5.69 Å². The lowest BCUT2D eigenvalue weighted by atomic mass is 9.97. The molecule has 0 spiro atoms. The molecule has 29 heavy (non-hydrogen) atoms. The van der Waals surface area contributed by atoms with Crippen molar-refractivity contribution in [3.05, 3.63) is 29.3 Å². The summed E-state index contributed by atoms with van der Waals surface area (Å²) >= 11 is 0. The summed E-state index contributed by atoms with van der Waals surface area (Å²) in [6.45, 7) is 2.94. The standard InChI is InChI=1S/C20H24N4O4.ClH/c1-23(11-12-6-8-21-9-7-12)13-2-3-14-15(10-13)20(28)24(19(14)27)16-4-5-17(25)22-18(16)26;/h2-3,10,12,16,21H,4-9,11H2,1H3,(H,22,25,26);1H. The van der Waals surface area contributed by atoms with Crippen molar-refractivity contribution in [3.8, 4) is 0 Å². The summed E-state index contributed by atoms with van der Waals surface area (Å²) in [6, 6.07) is 4.32. The zero-order valence-corrected chi connectivity index (χ0v) is 17.1. The lowest BCUT2D eigenvalue weighted by molar-refractivity contribution is -0.136. The summed E-state index contributed by atoms with van der Waals surface area (Å²) in [7, 11) is 1.99. The molecule has 0 aliphatic carbocycles. The third kappa shape index (κ3) is 4.00. The van der Waals surface area contributed by atoms with E-state index in [0.717, 1.165) is 43.1 Å². The van der Waals surface area contributed by atoms with Crippen LogP contribution < -0.4 is 15.5 Å². The van der Waals surface area contributed by atoms with Crippen LogP contribution in [0.5, 0.6) is 0 Å². The van der Waals surface area contributed by atoms with Crippen LogP contribution in [0.15, 0.2) is 18.2 Å². The molecule has 2 N–H and O–H groups in total. The number of anilines is 1. The maximum Gasteiger partial charge on any atom is 0.262 e. The first-order valence-electron chi connectivity index (χ1n) is 9.73. The number of rotatable bonds is 4. The molecule has 0 bridgehead atoms. The Morgan fingerprint density at radius 1 is 1.03 bits per heavy atom. The van der Waals surface area contributed by atoms with Gasteiger partial charge in [-0.15, -0.1) is 12.4 Å². The van der Waals surface area contributed by atoms with Gasteiger partial charge in [0.1, 0.15) is 6.04 Å². The molecule has 9 heteroatoms. The van der Waals surface area contributed by atoms with Gasteiger partial charge in [0.15, 0.2) is 0 Å². The minimum Gasteiger partial charge on any atom is -0.374 e. The zero-order chi connectivity index (χ0) is 19.8. The van der Waals surface area contributed by atoms with E-state index >= 15 is 0 Å². The predicted molar refractivity (Wildman–Crippen MR) is 109 cm³/mol. The van der Waals surface area contributed by atoms with Gasteiger partial charge >= 0.3 is 0 Å². The zero-order valence-electron chi connectivity index (χ0n) is 16.3. The molecule has 3 aliphatic heterocycles. The molecule has 156 valence electrons. The van der Waals surface area contributed by atoms with Crippen LogP contribution >= 0.6 is 12.4 Å². The van der Waals surface area contributed by atoms with E-state index in [2.05, 4.69) is 15.5 Å². The van der Waals surface area contributed by atoms with Crippen molar-refractivity contribution >= 4 is 41.7 Å². The molecule has 4 amide bonds. The quantitative estimate of drug-likeness (QED) is 0.703. The molecule has 2 saturated heterocycles. The number of carbonyl (C=O) groups is 4. The third-order valence-corrected chi connectivity index (χ3v) is 5.85. The first kappa shape index (κ1) is 21.3. The lowest BCUT2D eigenvalue weighted by Crippen LogP contribution is -2.54. The molecule has 1 aromatic rings. The molecule has 3 heterocycles. The van der Waals surface area contributed by atoms with Gasteiger partial charge in [0.05, 0.1) is 11.1 Å². The van der Waals surface area contributed by atoms with Gasteiger partial charge in [-0.05, 0) is 56.5 Å². The van der Waals surface area contributed by atoms with E-state index < -0.39 is 23.8 Å². The molecule has 8 nitrogen and oxygen atoms in total. The van der Waals surface area contributed by atoms with E-state index in [4.69, 9.17) is 0 Å². The fourth-order valence-electron chi connectivity index (χ4n) is 4.25. The lowest BCUT2D eigenvalue weighted by Gasteiger charge is -2.29. The number of nitrogens with zero attached hydrogens (tertiary/aromatic N) is 2. The Morgan fingerprint density at radius 3 is 2.41 bits per heavy atom. The molecule has 3 aliphatic rings. The van der Waals surface area contributed by atoms with E-state index in [1.165, 1.54) is 0 Å². The van der Waals surface area contributed by atoms with Crippen molar-refractivity contribution in [2.75, 3.05) is 31.6 Å². The second-order valence-electron chi connectivity index (χ2n) is 7.75. The highest BCUT2D eigenvalue weighted by atomic mass is 35.5. The van der Waals surface area contributed by atoms with Gasteiger partial charge in [0, 0.05) is 25.7 Å². The number of benzene rings is 1. The summed E-state index contributed by atoms with van der Waals surface area (Å²) in [5, 5.41) is 5.57. The molecule has 1 unspecified atom stereocenters. The number of carbonyl (C=O) groups excluding carboxylic acids is 4. The molecule has 0 aromatic heterocycles. The van der Waals surface area contributed by atoms with Crippen molar-refractivity contribution < 1.29 is 19.2 Å². The maximum absolute atomic E-state index is 12.9. The van der Waals surface area contributed by atoms with Crippen LogP contribution in [0.25, 0.3) is 0 Å². The Labute approximate surface area is 175 Å². The topological polar surface area (TPSA) is 98.8 Å². The van der Waals surface area contributed by atoms with Crippen LogP contribution in [0.2, 0.25) is 0 Å². The van der Waals surface area contributed by atoms with Gasteiger partial charge in [-0.2, -0.15) is 0 Å². The molecule has 2 fully saturated rings. The van der Waals surface area contributed by atoms with Crippen LogP contribution in [0, 0.1) is 5.92 Å². The smallest absolute Gasteiger partial charge is 0.262 e. The number of nitrogens with one attached hydrogen (secondary N) is 2. The minimum absolute atomic E-state index is 0. The highest BCUT2D eigenvalue weighted by Crippen LogP contribution is 2.30. The SMILES string of the molecule is CN(CC1CCNCC1)c1ccc2c(c1)C(=O)N(C1CCC(=O)NC1=O)C2=O.Cl. The van der Waals surface area contributed by atoms with Gasteiger partial charge in [-0.1, -0.05) is 0 Å². The van der Waals surface area contributed by atoms with E-state index in [1.807, 2.05) is 13.1 Å². The predicted octanol–water partition coefficient (Wildman–Crippen LogP) is 0.945. The van der Waals surface area contributed by atoms with Crippen LogP contribution in [0.3, 0.4) is 0 Å². The summed E-state index contributed by atoms with van der Waals surface area (Å²) < 4.78 is 0. The first-order chi connectivity index (χ1) is 13.5. The Morgan fingerprint density at radius 2 is 1.72 bits per heavy atom. The first-order valence-corrected chi connectivity index (χ1v) is 9.73. The van der Waals surface area contributed by atoms with Gasteiger partial charge in [0.2, 0.25) is 11.8 Å². The molecule has 1 aromatic carbocycles. The number of hydrogen-bond acceptors (Lipinski definition) is 6. The number of amides is 4. The fraction of sp³-hybridized carbons (Fsp3) is 0.500. The number of fused-ring (bicyclic) bond motifs is 1. The molecule has 0 saturated carbocycles. The number of hydrogen-bond donors (Lipinski definition) is 2. The van der Waals surface area contributed by atoms with Crippen LogP contribution in [0.1, 0.15) is 46.4 Å². The summed E-state index contributed by atoms with van der Waals surface area (Å²) in [5.74, 6) is -1.31. The second-order valence-corrected chi connectivity index (χ2v) is 7.75. The second kappa shape index (κ2) is 8.51. The van der Waals surface area contributed by atoms with Crippen LogP contribution in [-0.4, -0.2) is 61.3 Å². The van der Waals surface area contributed by atoms with E-state index in [9.17, 15) is 19.2 Å².